The molecule has 0 unspecified atom stereocenters. The Morgan fingerprint density at radius 3 is 2.74 bits per heavy atom. The van der Waals surface area contributed by atoms with Gasteiger partial charge in [-0.3, -0.25) is 15.0 Å². The van der Waals surface area contributed by atoms with Crippen molar-refractivity contribution in [3.8, 4) is 5.88 Å². The van der Waals surface area contributed by atoms with Crippen LogP contribution in [0.2, 0.25) is 0 Å². The highest BCUT2D eigenvalue weighted by atomic mass is 32.1. The highest BCUT2D eigenvalue weighted by molar-refractivity contribution is 7.17. The Labute approximate surface area is 160 Å². The fourth-order valence-electron chi connectivity index (χ4n) is 3.79. The molecule has 2 atom stereocenters. The van der Waals surface area contributed by atoms with Gasteiger partial charge in [-0.05, 0) is 37.8 Å². The molecule has 1 N–H and O–H groups in total. The van der Waals surface area contributed by atoms with Crippen LogP contribution in [0.5, 0.6) is 5.88 Å². The second-order valence-electron chi connectivity index (χ2n) is 7.14. The molecule has 3 aromatic rings. The van der Waals surface area contributed by atoms with Crippen molar-refractivity contribution >= 4 is 22.0 Å². The Morgan fingerprint density at radius 1 is 1.37 bits per heavy atom. The van der Waals surface area contributed by atoms with Gasteiger partial charge in [0.2, 0.25) is 10.8 Å². The van der Waals surface area contributed by atoms with Crippen LogP contribution in [0.25, 0.3) is 4.96 Å². The minimum Gasteiger partial charge on any atom is -0.492 e. The van der Waals surface area contributed by atoms with Crippen molar-refractivity contribution in [1.82, 2.24) is 19.5 Å². The molecule has 1 aliphatic heterocycles. The molecule has 1 aromatic carbocycles. The highest BCUT2D eigenvalue weighted by Crippen LogP contribution is 2.41. The molecule has 3 heterocycles. The molecule has 27 heavy (non-hydrogen) atoms. The summed E-state index contributed by atoms with van der Waals surface area (Å²) in [5.41, 5.74) is 0.984. The molecule has 1 aliphatic rings. The summed E-state index contributed by atoms with van der Waals surface area (Å²) < 4.78 is 1.47. The zero-order valence-electron chi connectivity index (χ0n) is 15.2. The first-order valence-electron chi connectivity index (χ1n) is 8.97. The van der Waals surface area contributed by atoms with E-state index in [0.717, 1.165) is 30.0 Å². The Bertz CT molecular complexity index is 981. The van der Waals surface area contributed by atoms with Crippen molar-refractivity contribution < 1.29 is 10.0 Å². The maximum atomic E-state index is 11.0. The number of benzene rings is 1. The van der Waals surface area contributed by atoms with Crippen molar-refractivity contribution in [2.75, 3.05) is 13.1 Å². The number of aromatic hydroxyl groups is 1. The van der Waals surface area contributed by atoms with Gasteiger partial charge in [0, 0.05) is 18.7 Å². The summed E-state index contributed by atoms with van der Waals surface area (Å²) in [5, 5.41) is 26.1. The number of nitro benzene ring substituents is 1. The van der Waals surface area contributed by atoms with Gasteiger partial charge >= 0.3 is 0 Å². The number of nitro groups is 1. The van der Waals surface area contributed by atoms with E-state index in [1.54, 1.807) is 19.1 Å². The van der Waals surface area contributed by atoms with Crippen LogP contribution in [0.1, 0.15) is 42.1 Å². The summed E-state index contributed by atoms with van der Waals surface area (Å²) in [6.07, 6.45) is 2.27. The second-order valence-corrected chi connectivity index (χ2v) is 8.15. The van der Waals surface area contributed by atoms with Gasteiger partial charge in [0.1, 0.15) is 5.82 Å². The van der Waals surface area contributed by atoms with Crippen molar-refractivity contribution in [2.24, 2.45) is 5.92 Å². The van der Waals surface area contributed by atoms with Crippen LogP contribution in [-0.2, 0) is 0 Å². The predicted octanol–water partition coefficient (Wildman–Crippen LogP) is 3.53. The van der Waals surface area contributed by atoms with E-state index < -0.39 is 4.92 Å². The third kappa shape index (κ3) is 3.28. The summed E-state index contributed by atoms with van der Waals surface area (Å²) >= 11 is 1.42. The Kier molecular flexibility index (Phi) is 4.56. The summed E-state index contributed by atoms with van der Waals surface area (Å²) in [4.78, 5) is 18.7. The van der Waals surface area contributed by atoms with Crippen LogP contribution in [0.3, 0.4) is 0 Å². The molecule has 0 aliphatic carbocycles. The molecule has 0 spiro atoms. The van der Waals surface area contributed by atoms with Crippen LogP contribution in [0.15, 0.2) is 24.3 Å². The van der Waals surface area contributed by atoms with Crippen LogP contribution < -0.4 is 0 Å². The van der Waals surface area contributed by atoms with Gasteiger partial charge in [-0.1, -0.05) is 30.4 Å². The predicted molar refractivity (Wildman–Crippen MR) is 102 cm³/mol. The van der Waals surface area contributed by atoms with Gasteiger partial charge < -0.3 is 5.11 Å². The number of non-ortho nitro benzene ring substituents is 1. The van der Waals surface area contributed by atoms with Crippen molar-refractivity contribution in [3.63, 3.8) is 0 Å². The van der Waals surface area contributed by atoms with Crippen LogP contribution in [0, 0.1) is 23.0 Å². The lowest BCUT2D eigenvalue weighted by Crippen LogP contribution is -2.37. The number of thiazole rings is 1. The smallest absolute Gasteiger partial charge is 0.269 e. The van der Waals surface area contributed by atoms with E-state index in [-0.39, 0.29) is 17.6 Å². The summed E-state index contributed by atoms with van der Waals surface area (Å²) in [6.45, 7) is 5.84. The molecule has 0 radical (unpaired) electrons. The first kappa shape index (κ1) is 17.9. The minimum atomic E-state index is -0.398. The number of rotatable bonds is 4. The van der Waals surface area contributed by atoms with Gasteiger partial charge in [0.15, 0.2) is 0 Å². The van der Waals surface area contributed by atoms with Gasteiger partial charge in [0.05, 0.1) is 15.8 Å². The number of aromatic nitrogens is 3. The number of nitrogens with zero attached hydrogens (tertiary/aromatic N) is 5. The maximum Gasteiger partial charge on any atom is 0.269 e. The molecule has 0 saturated carbocycles. The van der Waals surface area contributed by atoms with Crippen LogP contribution >= 0.6 is 11.3 Å². The molecule has 8 nitrogen and oxygen atoms in total. The van der Waals surface area contributed by atoms with E-state index in [2.05, 4.69) is 21.9 Å². The van der Waals surface area contributed by atoms with E-state index in [1.807, 2.05) is 0 Å². The Hall–Kier alpha value is -2.52. The number of fused-ring (bicyclic) bond motifs is 1. The number of piperidine rings is 1. The SMILES string of the molecule is Cc1nc2sc([C@@H](c3ccc([N+](=O)[O-])cc3)N3CCC[C@H](C)C3)c(O)n2n1. The molecule has 1 fully saturated rings. The average Bonchev–Trinajstić information content (AvgIpc) is 3.14. The molecule has 142 valence electrons. The monoisotopic (exact) mass is 387 g/mol. The summed E-state index contributed by atoms with van der Waals surface area (Å²) in [6, 6.07) is 6.43. The number of aryl methyl sites for hydroxylation is 1. The molecule has 0 bridgehead atoms. The molecule has 4 rings (SSSR count). The summed E-state index contributed by atoms with van der Waals surface area (Å²) in [5.74, 6) is 1.27. The van der Waals surface area contributed by atoms with E-state index in [1.165, 1.54) is 34.4 Å². The van der Waals surface area contributed by atoms with Crippen molar-refractivity contribution in [1.29, 1.82) is 0 Å². The zero-order valence-corrected chi connectivity index (χ0v) is 16.0. The number of likely N-dealkylation sites (tertiary alicyclic amines) is 1. The number of hydrogen-bond donors (Lipinski definition) is 1. The lowest BCUT2D eigenvalue weighted by molar-refractivity contribution is -0.384. The quantitative estimate of drug-likeness (QED) is 0.543. The van der Waals surface area contributed by atoms with Gasteiger partial charge in [0.25, 0.3) is 5.69 Å². The lowest BCUT2D eigenvalue weighted by Gasteiger charge is -2.37. The topological polar surface area (TPSA) is 96.8 Å². The second kappa shape index (κ2) is 6.90. The Morgan fingerprint density at radius 2 is 2.11 bits per heavy atom. The largest absolute Gasteiger partial charge is 0.492 e. The molecule has 2 aromatic heterocycles. The normalized spacial score (nSPS) is 19.4. The zero-order chi connectivity index (χ0) is 19.1. The van der Waals surface area contributed by atoms with E-state index in [4.69, 9.17) is 0 Å². The lowest BCUT2D eigenvalue weighted by atomic mass is 9.95. The average molecular weight is 387 g/mol. The van der Waals surface area contributed by atoms with Crippen LogP contribution in [-0.4, -0.2) is 42.6 Å². The minimum absolute atomic E-state index is 0.0620. The fraction of sp³-hybridized carbons (Fsp3) is 0.444. The third-order valence-corrected chi connectivity index (χ3v) is 6.10. The standard InChI is InChI=1S/C18H21N5O3S/c1-11-4-3-9-21(10-11)15(13-5-7-14(8-6-13)23(25)26)16-17(24)22-18(27-16)19-12(2)20-22/h5-8,11,15,24H,3-4,9-10H2,1-2H3/t11-,15+/m0/s1. The van der Waals surface area contributed by atoms with Crippen molar-refractivity contribution in [3.05, 3.63) is 50.6 Å². The maximum absolute atomic E-state index is 11.0. The first-order chi connectivity index (χ1) is 12.9. The van der Waals surface area contributed by atoms with E-state index in [0.29, 0.717) is 16.7 Å². The number of hydrogen-bond acceptors (Lipinski definition) is 7. The van der Waals surface area contributed by atoms with E-state index >= 15 is 0 Å². The molecule has 1 saturated heterocycles. The van der Waals surface area contributed by atoms with Gasteiger partial charge in [-0.15, -0.1) is 5.10 Å². The third-order valence-electron chi connectivity index (χ3n) is 5.03. The van der Waals surface area contributed by atoms with E-state index in [9.17, 15) is 15.2 Å². The van der Waals surface area contributed by atoms with Crippen molar-refractivity contribution in [2.45, 2.75) is 32.7 Å². The molecule has 9 heteroatoms. The molecular formula is C18H21N5O3S. The van der Waals surface area contributed by atoms with Gasteiger partial charge in [-0.2, -0.15) is 4.52 Å². The molecule has 0 amide bonds. The molecular weight excluding hydrogens is 366 g/mol. The summed E-state index contributed by atoms with van der Waals surface area (Å²) in [7, 11) is 0. The Balaban J connectivity index is 1.80. The highest BCUT2D eigenvalue weighted by Gasteiger charge is 2.32. The van der Waals surface area contributed by atoms with Crippen LogP contribution in [0.4, 0.5) is 5.69 Å². The fourth-order valence-corrected chi connectivity index (χ4v) is 4.96. The van der Waals surface area contributed by atoms with Gasteiger partial charge in [-0.25, -0.2) is 4.98 Å². The first-order valence-corrected chi connectivity index (χ1v) is 9.79.